The van der Waals surface area contributed by atoms with Crippen LogP contribution in [0.25, 0.3) is 32.9 Å². The third-order valence-electron chi connectivity index (χ3n) is 9.03. The van der Waals surface area contributed by atoms with Crippen molar-refractivity contribution in [3.05, 3.63) is 54.7 Å². The summed E-state index contributed by atoms with van der Waals surface area (Å²) in [6.07, 6.45) is 11.2. The van der Waals surface area contributed by atoms with E-state index in [9.17, 15) is 13.9 Å². The largest absolute Gasteiger partial charge is 0.508 e. The molecule has 6 heterocycles. The van der Waals surface area contributed by atoms with E-state index < -0.39 is 17.8 Å². The SMILES string of the molecule is C#Cc1c(F)ccc2cc(O)cc(-c3nc4c5c(n[c-]nc5c3F)N3CCOCCC3CO4)c12.[CH2-][C@@]12CCCN1C[C@H](F)C2.[U]. The molecular formula is C33H30F3N5O3U-2. The van der Waals surface area contributed by atoms with Gasteiger partial charge in [0.15, 0.2) is 0 Å². The first-order valence-electron chi connectivity index (χ1n) is 14.7. The molecule has 3 fully saturated rings. The summed E-state index contributed by atoms with van der Waals surface area (Å²) >= 11 is 0. The van der Waals surface area contributed by atoms with E-state index in [0.717, 1.165) is 13.0 Å². The molecule has 2 aromatic heterocycles. The van der Waals surface area contributed by atoms with Gasteiger partial charge in [0, 0.05) is 79.4 Å². The Morgan fingerprint density at radius 2 is 2.00 bits per heavy atom. The Bertz CT molecular complexity index is 1820. The Morgan fingerprint density at radius 3 is 2.80 bits per heavy atom. The number of terminal acetylenes is 1. The van der Waals surface area contributed by atoms with Crippen LogP contribution in [0.2, 0.25) is 0 Å². The summed E-state index contributed by atoms with van der Waals surface area (Å²) in [4.78, 5) is 17.1. The van der Waals surface area contributed by atoms with Crippen LogP contribution in [0.1, 0.15) is 31.2 Å². The number of phenolic OH excluding ortho intramolecular Hbond substituents is 1. The predicted molar refractivity (Wildman–Crippen MR) is 159 cm³/mol. The van der Waals surface area contributed by atoms with Crippen LogP contribution in [0.15, 0.2) is 24.3 Å². The molecule has 1 unspecified atom stereocenters. The fourth-order valence-electron chi connectivity index (χ4n) is 6.93. The van der Waals surface area contributed by atoms with Crippen molar-refractivity contribution in [2.75, 3.05) is 44.4 Å². The summed E-state index contributed by atoms with van der Waals surface area (Å²) in [5, 5.41) is 11.4. The normalized spacial score (nSPS) is 23.9. The first kappa shape index (κ1) is 31.9. The van der Waals surface area contributed by atoms with Crippen molar-refractivity contribution in [3.63, 3.8) is 0 Å². The number of pyridine rings is 1. The fraction of sp³-hybridized carbons (Fsp3) is 0.394. The molecule has 0 radical (unpaired) electrons. The zero-order valence-corrected chi connectivity index (χ0v) is 28.6. The number of hydrogen-bond donors (Lipinski definition) is 1. The molecular weight excluding hydrogens is 809 g/mol. The van der Waals surface area contributed by atoms with Crippen molar-refractivity contribution in [1.29, 1.82) is 0 Å². The van der Waals surface area contributed by atoms with E-state index in [0.29, 0.717) is 55.7 Å². The van der Waals surface area contributed by atoms with Crippen LogP contribution < -0.4 is 9.64 Å². The van der Waals surface area contributed by atoms with Gasteiger partial charge in [0.2, 0.25) is 5.88 Å². The molecule has 2 aromatic carbocycles. The summed E-state index contributed by atoms with van der Waals surface area (Å²) in [6, 6.07) is 5.37. The summed E-state index contributed by atoms with van der Waals surface area (Å²) in [5.74, 6) is 1.41. The molecule has 4 aromatic rings. The first-order chi connectivity index (χ1) is 21.3. The molecule has 0 aliphatic carbocycles. The van der Waals surface area contributed by atoms with E-state index in [-0.39, 0.29) is 88.7 Å². The average Bonchev–Trinajstić information content (AvgIpc) is 3.31. The number of anilines is 1. The van der Waals surface area contributed by atoms with Gasteiger partial charge in [-0.1, -0.05) is 18.4 Å². The monoisotopic (exact) mass is 839 g/mol. The third-order valence-corrected chi connectivity index (χ3v) is 9.03. The zero-order chi connectivity index (χ0) is 30.6. The van der Waals surface area contributed by atoms with E-state index in [1.54, 1.807) is 0 Å². The van der Waals surface area contributed by atoms with Gasteiger partial charge in [-0.15, -0.1) is 12.0 Å². The van der Waals surface area contributed by atoms with Crippen molar-refractivity contribution in [3.8, 4) is 35.2 Å². The summed E-state index contributed by atoms with van der Waals surface area (Å²) < 4.78 is 55.0. The number of nitrogens with zero attached hydrogens (tertiary/aromatic N) is 5. The third kappa shape index (κ3) is 5.63. The minimum absolute atomic E-state index is 0. The van der Waals surface area contributed by atoms with Gasteiger partial charge in [-0.3, -0.25) is 0 Å². The van der Waals surface area contributed by atoms with Gasteiger partial charge in [-0.25, -0.2) is 18.2 Å². The van der Waals surface area contributed by atoms with Gasteiger partial charge >= 0.3 is 0 Å². The second-order valence-corrected chi connectivity index (χ2v) is 11.7. The number of hydrogen-bond acceptors (Lipinski definition) is 8. The summed E-state index contributed by atoms with van der Waals surface area (Å²) in [7, 11) is 0. The van der Waals surface area contributed by atoms with Crippen molar-refractivity contribution < 1.29 is 58.9 Å². The fourth-order valence-corrected chi connectivity index (χ4v) is 6.93. The minimum atomic E-state index is -0.772. The van der Waals surface area contributed by atoms with E-state index in [4.69, 9.17) is 15.9 Å². The Labute approximate surface area is 282 Å². The Morgan fingerprint density at radius 1 is 1.16 bits per heavy atom. The van der Waals surface area contributed by atoms with Gasteiger partial charge < -0.3 is 41.3 Å². The number of phenols is 1. The van der Waals surface area contributed by atoms with Crippen molar-refractivity contribution in [2.45, 2.75) is 43.4 Å². The number of halogens is 3. The average molecular weight is 840 g/mol. The minimum Gasteiger partial charge on any atom is -0.508 e. The van der Waals surface area contributed by atoms with Crippen molar-refractivity contribution in [1.82, 2.24) is 19.9 Å². The molecule has 8 nitrogen and oxygen atoms in total. The number of ether oxygens (including phenoxy) is 2. The Kier molecular flexibility index (Phi) is 8.93. The summed E-state index contributed by atoms with van der Waals surface area (Å²) in [5.41, 5.74) is -0.132. The smallest absolute Gasteiger partial charge is 0.202 e. The topological polar surface area (TPSA) is 83.8 Å². The van der Waals surface area contributed by atoms with Gasteiger partial charge in [0.05, 0.1) is 18.2 Å². The van der Waals surface area contributed by atoms with Crippen LogP contribution in [0, 0.1) is 68.3 Å². The molecule has 3 atom stereocenters. The van der Waals surface area contributed by atoms with Crippen LogP contribution in [-0.2, 0) is 4.74 Å². The van der Waals surface area contributed by atoms with Gasteiger partial charge in [0.25, 0.3) is 0 Å². The predicted octanol–water partition coefficient (Wildman–Crippen LogP) is 4.99. The molecule has 8 rings (SSSR count). The first-order valence-corrected chi connectivity index (χ1v) is 14.7. The molecule has 3 saturated heterocycles. The van der Waals surface area contributed by atoms with Crippen LogP contribution in [-0.4, -0.2) is 82.2 Å². The van der Waals surface area contributed by atoms with Crippen LogP contribution in [0.4, 0.5) is 19.0 Å². The maximum Gasteiger partial charge on any atom is 0.202 e. The number of rotatable bonds is 1. The number of benzene rings is 2. The second-order valence-electron chi connectivity index (χ2n) is 11.7. The Hall–Kier alpha value is -3.09. The van der Waals surface area contributed by atoms with Gasteiger partial charge in [-0.2, -0.15) is 0 Å². The van der Waals surface area contributed by atoms with Crippen molar-refractivity contribution >= 4 is 27.5 Å². The van der Waals surface area contributed by atoms with Crippen LogP contribution >= 0.6 is 0 Å². The molecule has 0 spiro atoms. The molecule has 0 bridgehead atoms. The standard InChI is InChI=1S/C25H17F2N4O3.C8H13FN.U/c1-2-16-18(26)4-3-13-9-15(32)10-17(19(13)16)22-21(27)23-20-24(29-12-28-23)31-6-8-33-7-5-14(31)11-34-25(20)30-22;1-8-3-2-4-10(8)6-7(9)5-8;/h1,3-4,9-10,14,32H,5-8,11H2;7H,1-6H2;/q2*-1;/t;7-,8+;/m.1./s1. The van der Waals surface area contributed by atoms with Gasteiger partial charge in [0.1, 0.15) is 35.9 Å². The number of fused-ring (bicyclic) bond motifs is 4. The number of alkyl halides is 1. The molecule has 0 saturated carbocycles. The van der Waals surface area contributed by atoms with E-state index in [1.807, 2.05) is 4.90 Å². The van der Waals surface area contributed by atoms with E-state index >= 15 is 4.39 Å². The molecule has 0 amide bonds. The zero-order valence-electron chi connectivity index (χ0n) is 24.5. The van der Waals surface area contributed by atoms with E-state index in [2.05, 4.69) is 39.0 Å². The second kappa shape index (κ2) is 12.6. The van der Waals surface area contributed by atoms with Crippen molar-refractivity contribution in [2.24, 2.45) is 0 Å². The van der Waals surface area contributed by atoms with Crippen LogP contribution in [0.5, 0.6) is 11.6 Å². The molecule has 4 aliphatic heterocycles. The molecule has 12 heteroatoms. The molecule has 45 heavy (non-hydrogen) atoms. The maximum absolute atomic E-state index is 16.0. The van der Waals surface area contributed by atoms with Gasteiger partial charge in [-0.05, 0) is 54.8 Å². The number of aromatic nitrogens is 3. The Balaban J connectivity index is 0.000000276. The molecule has 1 N–H and O–H groups in total. The molecule has 232 valence electrons. The molecule has 4 aliphatic rings. The number of aromatic hydroxyl groups is 1. The summed E-state index contributed by atoms with van der Waals surface area (Å²) in [6.45, 7) is 7.67. The quantitative estimate of drug-likeness (QED) is 0.212. The maximum atomic E-state index is 16.0. The van der Waals surface area contributed by atoms with E-state index in [1.165, 1.54) is 30.7 Å². The van der Waals surface area contributed by atoms with Crippen LogP contribution in [0.3, 0.4) is 0 Å².